The summed E-state index contributed by atoms with van der Waals surface area (Å²) in [7, 11) is 0. The van der Waals surface area contributed by atoms with Crippen molar-refractivity contribution in [3.05, 3.63) is 88.2 Å². The summed E-state index contributed by atoms with van der Waals surface area (Å²) in [6.07, 6.45) is 0. The van der Waals surface area contributed by atoms with Crippen molar-refractivity contribution < 1.29 is 4.39 Å². The Hall–Kier alpha value is -2.32. The maximum atomic E-state index is 14.2. The van der Waals surface area contributed by atoms with E-state index >= 15 is 0 Å². The Morgan fingerprint density at radius 3 is 2.38 bits per heavy atom. The Bertz CT molecular complexity index is 856. The van der Waals surface area contributed by atoms with E-state index in [9.17, 15) is 4.39 Å². The molecule has 122 valence electrons. The smallest absolute Gasteiger partial charge is 0.131 e. The highest BCUT2D eigenvalue weighted by Crippen LogP contribution is 2.27. The van der Waals surface area contributed by atoms with E-state index in [0.29, 0.717) is 12.1 Å². The van der Waals surface area contributed by atoms with Crippen LogP contribution < -0.4 is 5.32 Å². The molecule has 1 nitrogen and oxygen atoms in total. The average Bonchev–Trinajstić information content (AvgIpc) is 2.58. The predicted molar refractivity (Wildman–Crippen MR) is 100 cm³/mol. The molecule has 0 amide bonds. The van der Waals surface area contributed by atoms with Gasteiger partial charge in [-0.15, -0.1) is 0 Å². The Morgan fingerprint density at radius 2 is 1.67 bits per heavy atom. The van der Waals surface area contributed by atoms with Crippen LogP contribution in [0.4, 0.5) is 10.1 Å². The van der Waals surface area contributed by atoms with E-state index in [4.69, 9.17) is 11.6 Å². The van der Waals surface area contributed by atoms with E-state index in [1.807, 2.05) is 62.4 Å². The minimum Gasteiger partial charge on any atom is -0.381 e. The van der Waals surface area contributed by atoms with Gasteiger partial charge in [-0.2, -0.15) is 0 Å². The minimum absolute atomic E-state index is 0.220. The van der Waals surface area contributed by atoms with Gasteiger partial charge in [0, 0.05) is 22.8 Å². The molecule has 0 unspecified atom stereocenters. The molecule has 0 aliphatic heterocycles. The van der Waals surface area contributed by atoms with E-state index < -0.39 is 0 Å². The first-order valence-corrected chi connectivity index (χ1v) is 8.26. The molecular formula is C21H19ClFN. The third-order valence-corrected chi connectivity index (χ3v) is 4.47. The average molecular weight is 340 g/mol. The van der Waals surface area contributed by atoms with E-state index in [-0.39, 0.29) is 5.82 Å². The fraction of sp³-hybridized carbons (Fsp3) is 0.143. The zero-order valence-electron chi connectivity index (χ0n) is 13.7. The second-order valence-electron chi connectivity index (χ2n) is 6.00. The molecule has 3 aromatic carbocycles. The number of hydrogen-bond acceptors (Lipinski definition) is 1. The number of halogens is 2. The fourth-order valence-corrected chi connectivity index (χ4v) is 2.74. The van der Waals surface area contributed by atoms with Crippen molar-refractivity contribution in [1.82, 2.24) is 0 Å². The summed E-state index contributed by atoms with van der Waals surface area (Å²) in [5, 5.41) is 4.09. The van der Waals surface area contributed by atoms with Crippen LogP contribution in [0.15, 0.2) is 60.7 Å². The highest BCUT2D eigenvalue weighted by atomic mass is 35.5. The molecule has 0 saturated heterocycles. The lowest BCUT2D eigenvalue weighted by molar-refractivity contribution is 0.631. The second-order valence-corrected chi connectivity index (χ2v) is 6.40. The number of hydrogen-bond donors (Lipinski definition) is 1. The van der Waals surface area contributed by atoms with Crippen LogP contribution >= 0.6 is 11.6 Å². The minimum atomic E-state index is -0.220. The molecule has 0 aliphatic rings. The molecule has 0 aromatic heterocycles. The van der Waals surface area contributed by atoms with Crippen molar-refractivity contribution in [1.29, 1.82) is 0 Å². The lowest BCUT2D eigenvalue weighted by atomic mass is 10.0. The highest BCUT2D eigenvalue weighted by molar-refractivity contribution is 6.31. The van der Waals surface area contributed by atoms with Gasteiger partial charge in [-0.25, -0.2) is 4.39 Å². The van der Waals surface area contributed by atoms with Crippen LogP contribution in [0.2, 0.25) is 5.02 Å². The van der Waals surface area contributed by atoms with Gasteiger partial charge in [0.15, 0.2) is 0 Å². The molecule has 3 heteroatoms. The monoisotopic (exact) mass is 339 g/mol. The topological polar surface area (TPSA) is 12.0 Å². The van der Waals surface area contributed by atoms with Crippen LogP contribution in [-0.4, -0.2) is 0 Å². The molecule has 3 aromatic rings. The molecular weight excluding hydrogens is 321 g/mol. The molecule has 0 fully saturated rings. The maximum Gasteiger partial charge on any atom is 0.131 e. The number of anilines is 1. The van der Waals surface area contributed by atoms with E-state index in [2.05, 4.69) is 5.32 Å². The first kappa shape index (κ1) is 16.5. The van der Waals surface area contributed by atoms with Crippen LogP contribution in [0.3, 0.4) is 0 Å². The molecule has 0 saturated carbocycles. The third kappa shape index (κ3) is 3.77. The molecule has 0 heterocycles. The molecule has 0 radical (unpaired) electrons. The third-order valence-electron chi connectivity index (χ3n) is 4.06. The van der Waals surface area contributed by atoms with Crippen LogP contribution in [0.5, 0.6) is 0 Å². The number of nitrogens with one attached hydrogen (secondary N) is 1. The SMILES string of the molecule is Cc1ccc(-c2cc(NCc3ccc(C)c(Cl)c3)ccc2F)cc1. The molecule has 0 bridgehead atoms. The number of rotatable bonds is 4. The van der Waals surface area contributed by atoms with Crippen LogP contribution in [0, 0.1) is 19.7 Å². The molecule has 0 aliphatic carbocycles. The Labute approximate surface area is 147 Å². The predicted octanol–water partition coefficient (Wildman–Crippen LogP) is 6.38. The summed E-state index contributed by atoms with van der Waals surface area (Å²) < 4.78 is 14.2. The second kappa shape index (κ2) is 7.06. The van der Waals surface area contributed by atoms with E-state index in [1.54, 1.807) is 6.07 Å². The van der Waals surface area contributed by atoms with Gasteiger partial charge in [0.05, 0.1) is 0 Å². The quantitative estimate of drug-likeness (QED) is 0.582. The lowest BCUT2D eigenvalue weighted by Gasteiger charge is -2.11. The normalized spacial score (nSPS) is 10.7. The standard InChI is InChI=1S/C21H19ClFN/c1-14-3-7-17(8-4-14)19-12-18(9-10-21(19)23)24-13-16-6-5-15(2)20(22)11-16/h3-12,24H,13H2,1-2H3. The zero-order valence-corrected chi connectivity index (χ0v) is 14.5. The summed E-state index contributed by atoms with van der Waals surface area (Å²) in [6.45, 7) is 4.64. The summed E-state index contributed by atoms with van der Waals surface area (Å²) in [4.78, 5) is 0. The van der Waals surface area contributed by atoms with Crippen LogP contribution in [0.25, 0.3) is 11.1 Å². The van der Waals surface area contributed by atoms with E-state index in [1.165, 1.54) is 6.07 Å². The van der Waals surface area contributed by atoms with Gasteiger partial charge < -0.3 is 5.32 Å². The first-order chi connectivity index (χ1) is 11.5. The summed E-state index contributed by atoms with van der Waals surface area (Å²) in [6, 6.07) is 19.0. The van der Waals surface area contributed by atoms with Gasteiger partial charge in [0.25, 0.3) is 0 Å². The van der Waals surface area contributed by atoms with Gasteiger partial charge in [0.1, 0.15) is 5.82 Å². The van der Waals surface area contributed by atoms with Crippen molar-refractivity contribution in [2.45, 2.75) is 20.4 Å². The fourth-order valence-electron chi connectivity index (χ4n) is 2.54. The van der Waals surface area contributed by atoms with Crippen molar-refractivity contribution >= 4 is 17.3 Å². The molecule has 0 spiro atoms. The maximum absolute atomic E-state index is 14.2. The van der Waals surface area contributed by atoms with Crippen molar-refractivity contribution in [3.63, 3.8) is 0 Å². The lowest BCUT2D eigenvalue weighted by Crippen LogP contribution is -2.00. The molecule has 24 heavy (non-hydrogen) atoms. The van der Waals surface area contributed by atoms with Gasteiger partial charge in [-0.05, 0) is 54.8 Å². The summed E-state index contributed by atoms with van der Waals surface area (Å²) in [5.41, 5.74) is 5.66. The highest BCUT2D eigenvalue weighted by Gasteiger charge is 2.07. The zero-order chi connectivity index (χ0) is 17.1. The molecule has 0 atom stereocenters. The van der Waals surface area contributed by atoms with Crippen LogP contribution in [0.1, 0.15) is 16.7 Å². The largest absolute Gasteiger partial charge is 0.381 e. The summed E-state index contributed by atoms with van der Waals surface area (Å²) in [5.74, 6) is -0.220. The first-order valence-electron chi connectivity index (χ1n) is 7.88. The van der Waals surface area contributed by atoms with Gasteiger partial charge in [0.2, 0.25) is 0 Å². The Balaban J connectivity index is 1.80. The van der Waals surface area contributed by atoms with Crippen molar-refractivity contribution in [3.8, 4) is 11.1 Å². The molecule has 3 rings (SSSR count). The van der Waals surface area contributed by atoms with Gasteiger partial charge in [-0.1, -0.05) is 53.6 Å². The molecule has 1 N–H and O–H groups in total. The Morgan fingerprint density at radius 1 is 0.917 bits per heavy atom. The van der Waals surface area contributed by atoms with Crippen molar-refractivity contribution in [2.75, 3.05) is 5.32 Å². The van der Waals surface area contributed by atoms with E-state index in [0.717, 1.165) is 33.0 Å². The van der Waals surface area contributed by atoms with Crippen molar-refractivity contribution in [2.24, 2.45) is 0 Å². The Kier molecular flexibility index (Phi) is 4.86. The number of benzene rings is 3. The van der Waals surface area contributed by atoms with Gasteiger partial charge >= 0.3 is 0 Å². The summed E-state index contributed by atoms with van der Waals surface area (Å²) >= 11 is 6.16. The van der Waals surface area contributed by atoms with Gasteiger partial charge in [-0.3, -0.25) is 0 Å². The van der Waals surface area contributed by atoms with Crippen LogP contribution in [-0.2, 0) is 6.54 Å². The number of aryl methyl sites for hydroxylation is 2.